The van der Waals surface area contributed by atoms with E-state index in [1.54, 1.807) is 19.4 Å². The van der Waals surface area contributed by atoms with Gasteiger partial charge in [0.25, 0.3) is 0 Å². The maximum atomic E-state index is 5.92. The summed E-state index contributed by atoms with van der Waals surface area (Å²) < 4.78 is 5.19. The molecule has 0 spiro atoms. The molecule has 0 unspecified atom stereocenters. The van der Waals surface area contributed by atoms with Crippen LogP contribution in [0.3, 0.4) is 0 Å². The Morgan fingerprint density at radius 1 is 1.26 bits per heavy atom. The van der Waals surface area contributed by atoms with Crippen molar-refractivity contribution in [2.45, 2.75) is 19.9 Å². The van der Waals surface area contributed by atoms with Crippen LogP contribution in [0.15, 0.2) is 18.3 Å². The first-order chi connectivity index (χ1) is 9.10. The van der Waals surface area contributed by atoms with E-state index in [0.717, 1.165) is 0 Å². The van der Waals surface area contributed by atoms with Gasteiger partial charge in [0.2, 0.25) is 17.1 Å². The summed E-state index contributed by atoms with van der Waals surface area (Å²) in [6.07, 6.45) is 1.64. The number of ether oxygens (including phenoxy) is 1. The Balaban J connectivity index is 2.47. The zero-order valence-corrected chi connectivity index (χ0v) is 11.6. The van der Waals surface area contributed by atoms with Gasteiger partial charge in [-0.1, -0.05) is 0 Å². The van der Waals surface area contributed by atoms with Gasteiger partial charge in [-0.15, -0.1) is 0 Å². The van der Waals surface area contributed by atoms with Gasteiger partial charge in [-0.25, -0.2) is 4.98 Å². The Bertz CT molecular complexity index is 576. The van der Waals surface area contributed by atoms with Crippen LogP contribution < -0.4 is 10.1 Å². The van der Waals surface area contributed by atoms with Crippen LogP contribution >= 0.6 is 11.6 Å². The van der Waals surface area contributed by atoms with Gasteiger partial charge >= 0.3 is 0 Å². The molecule has 0 atom stereocenters. The van der Waals surface area contributed by atoms with Crippen molar-refractivity contribution in [3.8, 4) is 17.3 Å². The third kappa shape index (κ3) is 3.29. The molecule has 2 aromatic rings. The topological polar surface area (TPSA) is 72.8 Å². The predicted molar refractivity (Wildman–Crippen MR) is 73.4 cm³/mol. The van der Waals surface area contributed by atoms with E-state index in [4.69, 9.17) is 16.3 Å². The van der Waals surface area contributed by atoms with Crippen LogP contribution in [0.25, 0.3) is 11.4 Å². The number of nitrogens with one attached hydrogen (secondary N) is 1. The summed E-state index contributed by atoms with van der Waals surface area (Å²) >= 11 is 5.92. The van der Waals surface area contributed by atoms with Gasteiger partial charge in [-0.3, -0.25) is 0 Å². The first kappa shape index (κ1) is 13.5. The second kappa shape index (κ2) is 5.79. The molecule has 19 heavy (non-hydrogen) atoms. The van der Waals surface area contributed by atoms with Crippen molar-refractivity contribution < 1.29 is 4.74 Å². The zero-order valence-electron chi connectivity index (χ0n) is 10.9. The van der Waals surface area contributed by atoms with Crippen LogP contribution in [0.4, 0.5) is 5.95 Å². The second-order valence-electron chi connectivity index (χ2n) is 4.11. The number of hydrogen-bond donors (Lipinski definition) is 1. The maximum absolute atomic E-state index is 5.92. The summed E-state index contributed by atoms with van der Waals surface area (Å²) in [4.78, 5) is 16.6. The Morgan fingerprint density at radius 3 is 2.74 bits per heavy atom. The summed E-state index contributed by atoms with van der Waals surface area (Å²) in [5, 5.41) is 3.21. The van der Waals surface area contributed by atoms with E-state index in [1.807, 2.05) is 19.9 Å². The molecule has 100 valence electrons. The molecule has 0 fully saturated rings. The SMILES string of the molecule is COc1ncccc1-c1nc(Cl)nc(NC(C)C)n1. The minimum Gasteiger partial charge on any atom is -0.480 e. The molecule has 0 radical (unpaired) electrons. The molecule has 0 saturated heterocycles. The highest BCUT2D eigenvalue weighted by Gasteiger charge is 2.12. The fraction of sp³-hybridized carbons (Fsp3) is 0.333. The second-order valence-corrected chi connectivity index (χ2v) is 4.45. The number of anilines is 1. The van der Waals surface area contributed by atoms with Crippen molar-refractivity contribution in [3.63, 3.8) is 0 Å². The van der Waals surface area contributed by atoms with Gasteiger partial charge in [0.05, 0.1) is 12.7 Å². The smallest absolute Gasteiger partial charge is 0.227 e. The quantitative estimate of drug-likeness (QED) is 0.926. The highest BCUT2D eigenvalue weighted by Crippen LogP contribution is 2.25. The summed E-state index contributed by atoms with van der Waals surface area (Å²) in [6, 6.07) is 3.80. The normalized spacial score (nSPS) is 10.6. The third-order valence-electron chi connectivity index (χ3n) is 2.23. The monoisotopic (exact) mass is 279 g/mol. The first-order valence-corrected chi connectivity index (χ1v) is 6.15. The van der Waals surface area contributed by atoms with Crippen molar-refractivity contribution >= 4 is 17.5 Å². The molecule has 0 aliphatic rings. The van der Waals surface area contributed by atoms with E-state index in [9.17, 15) is 0 Å². The first-order valence-electron chi connectivity index (χ1n) is 5.77. The standard InChI is InChI=1S/C12H14ClN5O/c1-7(2)15-12-17-9(16-11(13)18-12)8-5-4-6-14-10(8)19-3/h4-7H,1-3H3,(H,15,16,17,18). The van der Waals surface area contributed by atoms with E-state index in [1.165, 1.54) is 0 Å². The number of hydrogen-bond acceptors (Lipinski definition) is 6. The number of halogens is 1. The number of pyridine rings is 1. The Kier molecular flexibility index (Phi) is 4.11. The summed E-state index contributed by atoms with van der Waals surface area (Å²) in [5.41, 5.74) is 0.668. The average molecular weight is 280 g/mol. The lowest BCUT2D eigenvalue weighted by molar-refractivity contribution is 0.399. The van der Waals surface area contributed by atoms with Gasteiger partial charge in [0.1, 0.15) is 0 Å². The molecule has 2 heterocycles. The van der Waals surface area contributed by atoms with Crippen molar-refractivity contribution in [3.05, 3.63) is 23.6 Å². The van der Waals surface area contributed by atoms with Crippen molar-refractivity contribution in [2.75, 3.05) is 12.4 Å². The molecular weight excluding hydrogens is 266 g/mol. The molecule has 0 aromatic carbocycles. The van der Waals surface area contributed by atoms with E-state index < -0.39 is 0 Å². The van der Waals surface area contributed by atoms with Crippen LogP contribution in [0.2, 0.25) is 5.28 Å². The van der Waals surface area contributed by atoms with E-state index >= 15 is 0 Å². The zero-order chi connectivity index (χ0) is 13.8. The molecule has 1 N–H and O–H groups in total. The van der Waals surface area contributed by atoms with Crippen LogP contribution in [0.1, 0.15) is 13.8 Å². The summed E-state index contributed by atoms with van der Waals surface area (Å²) in [5.74, 6) is 1.30. The van der Waals surface area contributed by atoms with Gasteiger partial charge in [-0.2, -0.15) is 15.0 Å². The number of rotatable bonds is 4. The van der Waals surface area contributed by atoms with Crippen LogP contribution in [-0.2, 0) is 0 Å². The minimum absolute atomic E-state index is 0.124. The van der Waals surface area contributed by atoms with Gasteiger partial charge in [0.15, 0.2) is 5.82 Å². The molecule has 6 nitrogen and oxygen atoms in total. The molecule has 0 bridgehead atoms. The van der Waals surface area contributed by atoms with Crippen molar-refractivity contribution in [1.82, 2.24) is 19.9 Å². The highest BCUT2D eigenvalue weighted by molar-refractivity contribution is 6.28. The predicted octanol–water partition coefficient (Wildman–Crippen LogP) is 2.42. The lowest BCUT2D eigenvalue weighted by Crippen LogP contribution is -2.13. The molecule has 0 aliphatic carbocycles. The Labute approximate surface area is 116 Å². The highest BCUT2D eigenvalue weighted by atomic mass is 35.5. The largest absolute Gasteiger partial charge is 0.480 e. The van der Waals surface area contributed by atoms with E-state index in [2.05, 4.69) is 25.3 Å². The molecular formula is C12H14ClN5O. The molecule has 2 rings (SSSR count). The van der Waals surface area contributed by atoms with E-state index in [0.29, 0.717) is 23.2 Å². The molecule has 7 heteroatoms. The van der Waals surface area contributed by atoms with Gasteiger partial charge in [-0.05, 0) is 37.6 Å². The third-order valence-corrected chi connectivity index (χ3v) is 2.40. The van der Waals surface area contributed by atoms with Gasteiger partial charge in [0, 0.05) is 12.2 Å². The number of aromatic nitrogens is 4. The fourth-order valence-corrected chi connectivity index (χ4v) is 1.68. The minimum atomic E-state index is 0.124. The molecule has 0 amide bonds. The molecule has 2 aromatic heterocycles. The summed E-state index contributed by atoms with van der Waals surface area (Å²) in [6.45, 7) is 3.98. The average Bonchev–Trinajstić information content (AvgIpc) is 2.37. The van der Waals surface area contributed by atoms with Crippen molar-refractivity contribution in [2.24, 2.45) is 0 Å². The number of methoxy groups -OCH3 is 1. The van der Waals surface area contributed by atoms with Crippen LogP contribution in [-0.4, -0.2) is 33.1 Å². The fourth-order valence-electron chi connectivity index (χ4n) is 1.52. The van der Waals surface area contributed by atoms with Crippen LogP contribution in [0.5, 0.6) is 5.88 Å². The van der Waals surface area contributed by atoms with Gasteiger partial charge < -0.3 is 10.1 Å². The Hall–Kier alpha value is -1.95. The van der Waals surface area contributed by atoms with Crippen molar-refractivity contribution in [1.29, 1.82) is 0 Å². The lowest BCUT2D eigenvalue weighted by Gasteiger charge is -2.10. The Morgan fingerprint density at radius 2 is 2.05 bits per heavy atom. The maximum Gasteiger partial charge on any atom is 0.227 e. The molecule has 0 saturated carbocycles. The molecule has 0 aliphatic heterocycles. The number of nitrogens with zero attached hydrogens (tertiary/aromatic N) is 4. The summed E-state index contributed by atoms with van der Waals surface area (Å²) in [7, 11) is 1.54. The van der Waals surface area contributed by atoms with E-state index in [-0.39, 0.29) is 11.3 Å². The van der Waals surface area contributed by atoms with Crippen LogP contribution in [0, 0.1) is 0 Å². The lowest BCUT2D eigenvalue weighted by atomic mass is 10.2.